The third-order valence-corrected chi connectivity index (χ3v) is 7.80. The van der Waals surface area contributed by atoms with Crippen LogP contribution < -0.4 is 10.1 Å². The second-order valence-corrected chi connectivity index (χ2v) is 11.0. The Morgan fingerprint density at radius 2 is 1.70 bits per heavy atom. The maximum atomic E-state index is 14.1. The van der Waals surface area contributed by atoms with E-state index in [9.17, 15) is 19.5 Å². The number of hydrazine groups is 1. The molecule has 5 rings (SSSR count). The first-order valence-electron chi connectivity index (χ1n) is 14.9. The fourth-order valence-electron chi connectivity index (χ4n) is 5.68. The molecule has 0 aromatic heterocycles. The molecular weight excluding hydrogens is 558 g/mol. The van der Waals surface area contributed by atoms with Crippen molar-refractivity contribution in [3.8, 4) is 11.5 Å². The predicted molar refractivity (Wildman–Crippen MR) is 166 cm³/mol. The molecule has 0 aliphatic carbocycles. The summed E-state index contributed by atoms with van der Waals surface area (Å²) in [6, 6.07) is 22.6. The molecule has 4 amide bonds. The Labute approximate surface area is 258 Å². The molecule has 2 aliphatic rings. The summed E-state index contributed by atoms with van der Waals surface area (Å²) in [5.41, 5.74) is 2.64. The molecule has 2 fully saturated rings. The number of phenolic OH excluding ortho intramolecular Hbond substituents is 1. The van der Waals surface area contributed by atoms with E-state index in [1.54, 1.807) is 50.2 Å². The lowest BCUT2D eigenvalue weighted by Crippen LogP contribution is -2.76. The van der Waals surface area contributed by atoms with Crippen LogP contribution in [0.1, 0.15) is 30.0 Å². The minimum absolute atomic E-state index is 0.0696. The number of nitrogens with one attached hydrogen (secondary N) is 1. The number of fused-ring (bicyclic) bond motifs is 1. The summed E-state index contributed by atoms with van der Waals surface area (Å²) in [4.78, 5) is 45.0. The van der Waals surface area contributed by atoms with Gasteiger partial charge in [0.2, 0.25) is 11.8 Å². The van der Waals surface area contributed by atoms with E-state index in [1.807, 2.05) is 61.5 Å². The average Bonchev–Trinajstić information content (AvgIpc) is 3.03. The second-order valence-electron chi connectivity index (χ2n) is 11.0. The van der Waals surface area contributed by atoms with Crippen LogP contribution in [-0.2, 0) is 29.1 Å². The van der Waals surface area contributed by atoms with Gasteiger partial charge in [-0.05, 0) is 47.4 Å². The first kappa shape index (κ1) is 30.6. The molecule has 2 saturated heterocycles. The largest absolute Gasteiger partial charge is 0.508 e. The first-order chi connectivity index (χ1) is 21.4. The summed E-state index contributed by atoms with van der Waals surface area (Å²) in [5.74, 6) is 0.440. The summed E-state index contributed by atoms with van der Waals surface area (Å²) in [6.07, 6.45) is 2.06. The molecule has 2 heterocycles. The van der Waals surface area contributed by atoms with Crippen LogP contribution >= 0.6 is 0 Å². The third kappa shape index (κ3) is 7.03. The lowest BCUT2D eigenvalue weighted by atomic mass is 9.98. The highest BCUT2D eigenvalue weighted by Crippen LogP contribution is 2.30. The Morgan fingerprint density at radius 1 is 1.00 bits per heavy atom. The number of phenols is 1. The maximum Gasteiger partial charge on any atom is 0.334 e. The molecule has 2 atom stereocenters. The number of hydrogen-bond acceptors (Lipinski definition) is 6. The van der Waals surface area contributed by atoms with Gasteiger partial charge in [-0.25, -0.2) is 14.8 Å². The number of amides is 4. The predicted octanol–water partition coefficient (Wildman–Crippen LogP) is 3.92. The van der Waals surface area contributed by atoms with Crippen LogP contribution in [0.5, 0.6) is 11.5 Å². The molecule has 44 heavy (non-hydrogen) atoms. The van der Waals surface area contributed by atoms with Crippen molar-refractivity contribution in [3.05, 3.63) is 108 Å². The molecule has 3 aromatic carbocycles. The van der Waals surface area contributed by atoms with Crippen molar-refractivity contribution in [2.75, 3.05) is 26.2 Å². The number of carbonyl (C=O) groups is 3. The molecule has 2 N–H and O–H groups in total. The summed E-state index contributed by atoms with van der Waals surface area (Å²) < 4.78 is 5.72. The molecule has 0 unspecified atom stereocenters. The van der Waals surface area contributed by atoms with Gasteiger partial charge in [0.25, 0.3) is 0 Å². The normalized spacial score (nSPS) is 18.6. The Bertz CT molecular complexity index is 1450. The van der Waals surface area contributed by atoms with Crippen molar-refractivity contribution in [3.63, 3.8) is 0 Å². The van der Waals surface area contributed by atoms with Crippen molar-refractivity contribution >= 4 is 17.8 Å². The standard InChI is InChI=1S/C34H39N5O5/c1-3-18-37-24-32(41)38-30(20-25-10-14-28(40)15-11-25)33(42)36(22-27-12-16-29(17-13-27)44-19-4-2)23-31(38)39(37)34(43)35-21-26-8-6-5-7-9-26/h3,5-17,30-31,40H,1,4,18-24H2,2H3,(H,35,43)/t30-,31-/m0/s1. The summed E-state index contributed by atoms with van der Waals surface area (Å²) in [7, 11) is 0. The molecule has 0 spiro atoms. The van der Waals surface area contributed by atoms with Gasteiger partial charge in [-0.15, -0.1) is 6.58 Å². The number of nitrogens with zero attached hydrogens (tertiary/aromatic N) is 4. The molecule has 2 aliphatic heterocycles. The van der Waals surface area contributed by atoms with E-state index in [1.165, 1.54) is 0 Å². The van der Waals surface area contributed by atoms with Crippen LogP contribution in [0.2, 0.25) is 0 Å². The lowest BCUT2D eigenvalue weighted by Gasteiger charge is -2.55. The number of benzene rings is 3. The van der Waals surface area contributed by atoms with Gasteiger partial charge in [-0.3, -0.25) is 9.59 Å². The highest BCUT2D eigenvalue weighted by atomic mass is 16.5. The van der Waals surface area contributed by atoms with Crippen LogP contribution in [0.15, 0.2) is 91.5 Å². The summed E-state index contributed by atoms with van der Waals surface area (Å²) >= 11 is 0. The minimum atomic E-state index is -0.840. The first-order valence-corrected chi connectivity index (χ1v) is 14.9. The Balaban J connectivity index is 1.46. The summed E-state index contributed by atoms with van der Waals surface area (Å²) in [6.45, 7) is 7.47. The Kier molecular flexibility index (Phi) is 9.81. The van der Waals surface area contributed by atoms with E-state index in [0.717, 1.165) is 28.9 Å². The van der Waals surface area contributed by atoms with Gasteiger partial charge in [-0.1, -0.05) is 67.6 Å². The molecule has 10 nitrogen and oxygen atoms in total. The van der Waals surface area contributed by atoms with Crippen molar-refractivity contribution in [2.24, 2.45) is 0 Å². The zero-order valence-electron chi connectivity index (χ0n) is 25.0. The molecule has 230 valence electrons. The average molecular weight is 598 g/mol. The minimum Gasteiger partial charge on any atom is -0.508 e. The Hall–Kier alpha value is -4.83. The van der Waals surface area contributed by atoms with Crippen molar-refractivity contribution < 1.29 is 24.2 Å². The quantitative estimate of drug-likeness (QED) is 0.325. The van der Waals surface area contributed by atoms with E-state index in [2.05, 4.69) is 11.9 Å². The topological polar surface area (TPSA) is 106 Å². The third-order valence-electron chi connectivity index (χ3n) is 7.80. The van der Waals surface area contributed by atoms with Crippen molar-refractivity contribution in [2.45, 2.75) is 45.1 Å². The van der Waals surface area contributed by atoms with Gasteiger partial charge in [-0.2, -0.15) is 0 Å². The van der Waals surface area contributed by atoms with E-state index >= 15 is 0 Å². The van der Waals surface area contributed by atoms with E-state index in [-0.39, 0.29) is 49.7 Å². The molecular formula is C34H39N5O5. The van der Waals surface area contributed by atoms with Gasteiger partial charge in [0.15, 0.2) is 0 Å². The fraction of sp³-hybridized carbons (Fsp3) is 0.324. The second kappa shape index (κ2) is 14.1. The number of hydrogen-bond donors (Lipinski definition) is 2. The number of rotatable bonds is 11. The number of aromatic hydroxyl groups is 1. The van der Waals surface area contributed by atoms with Gasteiger partial charge < -0.3 is 25.0 Å². The fourth-order valence-corrected chi connectivity index (χ4v) is 5.68. The smallest absolute Gasteiger partial charge is 0.334 e. The molecule has 0 bridgehead atoms. The zero-order valence-corrected chi connectivity index (χ0v) is 25.0. The molecule has 0 saturated carbocycles. The van der Waals surface area contributed by atoms with Crippen LogP contribution in [0.4, 0.5) is 4.79 Å². The van der Waals surface area contributed by atoms with Gasteiger partial charge in [0.1, 0.15) is 23.7 Å². The van der Waals surface area contributed by atoms with Crippen molar-refractivity contribution in [1.82, 2.24) is 25.1 Å². The van der Waals surface area contributed by atoms with Gasteiger partial charge in [0, 0.05) is 26.1 Å². The molecule has 0 radical (unpaired) electrons. The lowest BCUT2D eigenvalue weighted by molar-refractivity contribution is -0.189. The van der Waals surface area contributed by atoms with Crippen LogP contribution in [0.3, 0.4) is 0 Å². The van der Waals surface area contributed by atoms with Crippen LogP contribution in [0.25, 0.3) is 0 Å². The number of urea groups is 1. The monoisotopic (exact) mass is 597 g/mol. The number of piperazine rings is 1. The zero-order chi connectivity index (χ0) is 31.1. The summed E-state index contributed by atoms with van der Waals surface area (Å²) in [5, 5.41) is 16.1. The van der Waals surface area contributed by atoms with E-state index in [0.29, 0.717) is 19.7 Å². The number of ether oxygens (including phenoxy) is 1. The number of carbonyl (C=O) groups excluding carboxylic acids is 3. The highest BCUT2D eigenvalue weighted by molar-refractivity contribution is 5.91. The SMILES string of the molecule is C=CCN1CC(=O)N2[C@@H](Cc3ccc(O)cc3)C(=O)N(Cc3ccc(OCCC)cc3)C[C@@H]2N1C(=O)NCc1ccccc1. The van der Waals surface area contributed by atoms with E-state index in [4.69, 9.17) is 4.74 Å². The molecule has 3 aromatic rings. The van der Waals surface area contributed by atoms with Gasteiger partial charge >= 0.3 is 6.03 Å². The van der Waals surface area contributed by atoms with Crippen LogP contribution in [0, 0.1) is 0 Å². The Morgan fingerprint density at radius 3 is 2.39 bits per heavy atom. The van der Waals surface area contributed by atoms with E-state index < -0.39 is 12.2 Å². The molecule has 10 heteroatoms. The van der Waals surface area contributed by atoms with Crippen LogP contribution in [-0.4, -0.2) is 81.2 Å². The van der Waals surface area contributed by atoms with Crippen molar-refractivity contribution in [1.29, 1.82) is 0 Å². The van der Waals surface area contributed by atoms with Gasteiger partial charge in [0.05, 0.1) is 19.7 Å². The maximum absolute atomic E-state index is 14.1. The highest BCUT2D eigenvalue weighted by Gasteiger charge is 2.51.